The van der Waals surface area contributed by atoms with E-state index in [0.29, 0.717) is 17.1 Å². The number of para-hydroxylation sites is 1. The minimum Gasteiger partial charge on any atom is -0.507 e. The number of aromatic hydroxyl groups is 1. The maximum Gasteiger partial charge on any atom is 0.275 e. The number of nitrogens with zero attached hydrogens (tertiary/aromatic N) is 1. The molecule has 0 aliphatic rings. The van der Waals surface area contributed by atoms with Gasteiger partial charge in [0.05, 0.1) is 26.0 Å². The molecule has 0 saturated heterocycles. The van der Waals surface area contributed by atoms with Crippen molar-refractivity contribution >= 4 is 22.9 Å². The number of carbonyl (C=O) groups excluding carboxylic acids is 1. The molecule has 132 valence electrons. The summed E-state index contributed by atoms with van der Waals surface area (Å²) in [7, 11) is 3.07. The number of hydrogen-bond acceptors (Lipinski definition) is 5. The Morgan fingerprint density at radius 2 is 1.77 bits per heavy atom. The van der Waals surface area contributed by atoms with Gasteiger partial charge in [0.15, 0.2) is 11.5 Å². The Hall–Kier alpha value is -3.54. The smallest absolute Gasteiger partial charge is 0.275 e. The first kappa shape index (κ1) is 17.3. The molecule has 26 heavy (non-hydrogen) atoms. The monoisotopic (exact) mass is 350 g/mol. The molecule has 3 aromatic rings. The molecule has 1 amide bonds. The summed E-state index contributed by atoms with van der Waals surface area (Å²) in [5.74, 6) is 0.471. The SMILES string of the molecule is COc1cccc(/C=N\NC(=O)c2cc3ccccc3cc2O)c1OC. The second-order valence-corrected chi connectivity index (χ2v) is 5.50. The molecular formula is C20H18N2O4. The van der Waals surface area contributed by atoms with Crippen LogP contribution in [0.1, 0.15) is 15.9 Å². The van der Waals surface area contributed by atoms with E-state index in [1.807, 2.05) is 24.3 Å². The number of benzene rings is 3. The third-order valence-corrected chi connectivity index (χ3v) is 3.91. The number of hydrogen-bond donors (Lipinski definition) is 2. The molecule has 0 unspecified atom stereocenters. The van der Waals surface area contributed by atoms with Crippen molar-refractivity contribution in [2.24, 2.45) is 5.10 Å². The van der Waals surface area contributed by atoms with Crippen molar-refractivity contribution in [2.75, 3.05) is 14.2 Å². The summed E-state index contributed by atoms with van der Waals surface area (Å²) in [5, 5.41) is 15.8. The second-order valence-electron chi connectivity index (χ2n) is 5.50. The lowest BCUT2D eigenvalue weighted by molar-refractivity contribution is 0.0952. The van der Waals surface area contributed by atoms with Crippen LogP contribution >= 0.6 is 0 Å². The molecule has 3 aromatic carbocycles. The maximum atomic E-state index is 12.3. The quantitative estimate of drug-likeness (QED) is 0.546. The molecule has 0 aliphatic heterocycles. The van der Waals surface area contributed by atoms with Gasteiger partial charge in [0.1, 0.15) is 5.75 Å². The molecule has 2 N–H and O–H groups in total. The Kier molecular flexibility index (Phi) is 5.03. The van der Waals surface area contributed by atoms with Crippen LogP contribution in [-0.4, -0.2) is 31.4 Å². The van der Waals surface area contributed by atoms with E-state index in [1.54, 1.807) is 37.4 Å². The molecule has 0 fully saturated rings. The Balaban J connectivity index is 1.81. The van der Waals surface area contributed by atoms with E-state index in [1.165, 1.54) is 13.3 Å². The molecule has 0 atom stereocenters. The maximum absolute atomic E-state index is 12.3. The zero-order valence-corrected chi connectivity index (χ0v) is 14.4. The summed E-state index contributed by atoms with van der Waals surface area (Å²) >= 11 is 0. The number of rotatable bonds is 5. The first-order valence-corrected chi connectivity index (χ1v) is 7.90. The van der Waals surface area contributed by atoms with E-state index in [-0.39, 0.29) is 11.3 Å². The molecule has 3 rings (SSSR count). The molecule has 0 bridgehead atoms. The predicted molar refractivity (Wildman–Crippen MR) is 100 cm³/mol. The van der Waals surface area contributed by atoms with Gasteiger partial charge in [0.2, 0.25) is 0 Å². The Bertz CT molecular complexity index is 983. The molecule has 0 aliphatic carbocycles. The molecule has 0 saturated carbocycles. The topological polar surface area (TPSA) is 80.2 Å². The molecule has 6 heteroatoms. The van der Waals surface area contributed by atoms with E-state index < -0.39 is 5.91 Å². The van der Waals surface area contributed by atoms with E-state index in [2.05, 4.69) is 10.5 Å². The highest BCUT2D eigenvalue weighted by Crippen LogP contribution is 2.29. The molecule has 0 heterocycles. The highest BCUT2D eigenvalue weighted by molar-refractivity contribution is 6.01. The van der Waals surface area contributed by atoms with Crippen LogP contribution in [0.4, 0.5) is 0 Å². The fraction of sp³-hybridized carbons (Fsp3) is 0.100. The van der Waals surface area contributed by atoms with Crippen LogP contribution in [-0.2, 0) is 0 Å². The number of ether oxygens (including phenoxy) is 2. The van der Waals surface area contributed by atoms with Gasteiger partial charge in [0.25, 0.3) is 5.91 Å². The number of methoxy groups -OCH3 is 2. The zero-order chi connectivity index (χ0) is 18.5. The van der Waals surface area contributed by atoms with Crippen LogP contribution in [0.5, 0.6) is 17.2 Å². The minimum absolute atomic E-state index is 0.102. The van der Waals surface area contributed by atoms with Gasteiger partial charge in [-0.3, -0.25) is 4.79 Å². The lowest BCUT2D eigenvalue weighted by atomic mass is 10.1. The normalized spacial score (nSPS) is 10.8. The van der Waals surface area contributed by atoms with Crippen molar-refractivity contribution in [2.45, 2.75) is 0 Å². The Morgan fingerprint density at radius 1 is 1.04 bits per heavy atom. The van der Waals surface area contributed by atoms with Crippen molar-refractivity contribution in [3.8, 4) is 17.2 Å². The van der Waals surface area contributed by atoms with Crippen LogP contribution in [0.25, 0.3) is 10.8 Å². The summed E-state index contributed by atoms with van der Waals surface area (Å²) in [5.41, 5.74) is 3.22. The summed E-state index contributed by atoms with van der Waals surface area (Å²) in [6.45, 7) is 0. The van der Waals surface area contributed by atoms with Gasteiger partial charge in [-0.1, -0.05) is 30.3 Å². The lowest BCUT2D eigenvalue weighted by Gasteiger charge is -2.09. The van der Waals surface area contributed by atoms with E-state index in [9.17, 15) is 9.90 Å². The van der Waals surface area contributed by atoms with Crippen molar-refractivity contribution < 1.29 is 19.4 Å². The summed E-state index contributed by atoms with van der Waals surface area (Å²) in [4.78, 5) is 12.3. The molecule has 0 aromatic heterocycles. The number of hydrazone groups is 1. The van der Waals surface area contributed by atoms with E-state index in [4.69, 9.17) is 9.47 Å². The largest absolute Gasteiger partial charge is 0.507 e. The number of amides is 1. The Labute approximate surface area is 150 Å². The number of carbonyl (C=O) groups is 1. The highest BCUT2D eigenvalue weighted by atomic mass is 16.5. The predicted octanol–water partition coefficient (Wildman–Crippen LogP) is 3.33. The first-order valence-electron chi connectivity index (χ1n) is 7.90. The number of phenolic OH excluding ortho intramolecular Hbond substituents is 1. The number of nitrogens with one attached hydrogen (secondary N) is 1. The van der Waals surface area contributed by atoms with Crippen molar-refractivity contribution in [3.63, 3.8) is 0 Å². The standard InChI is InChI=1S/C20H18N2O4/c1-25-18-9-5-8-15(19(18)26-2)12-21-22-20(24)16-10-13-6-3-4-7-14(13)11-17(16)23/h3-12,23H,1-2H3,(H,22,24)/b21-12-. The average Bonchev–Trinajstić information content (AvgIpc) is 2.66. The van der Waals surface area contributed by atoms with Crippen LogP contribution < -0.4 is 14.9 Å². The van der Waals surface area contributed by atoms with Crippen LogP contribution in [0.2, 0.25) is 0 Å². The van der Waals surface area contributed by atoms with Crippen molar-refractivity contribution in [3.05, 3.63) is 65.7 Å². The van der Waals surface area contributed by atoms with Crippen molar-refractivity contribution in [1.82, 2.24) is 5.43 Å². The fourth-order valence-electron chi connectivity index (χ4n) is 2.64. The molecule has 0 radical (unpaired) electrons. The third-order valence-electron chi connectivity index (χ3n) is 3.91. The van der Waals surface area contributed by atoms with Gasteiger partial charge in [-0.05, 0) is 35.0 Å². The zero-order valence-electron chi connectivity index (χ0n) is 14.4. The van der Waals surface area contributed by atoms with Crippen molar-refractivity contribution in [1.29, 1.82) is 0 Å². The molecule has 6 nitrogen and oxygen atoms in total. The van der Waals surface area contributed by atoms with Crippen LogP contribution in [0.15, 0.2) is 59.7 Å². The fourth-order valence-corrected chi connectivity index (χ4v) is 2.64. The van der Waals surface area contributed by atoms with Gasteiger partial charge < -0.3 is 14.6 Å². The summed E-state index contributed by atoms with van der Waals surface area (Å²) in [6.07, 6.45) is 1.46. The van der Waals surface area contributed by atoms with Gasteiger partial charge in [0, 0.05) is 5.56 Å². The second kappa shape index (κ2) is 7.57. The summed E-state index contributed by atoms with van der Waals surface area (Å²) in [6, 6.07) is 16.0. The highest BCUT2D eigenvalue weighted by Gasteiger charge is 2.12. The van der Waals surface area contributed by atoms with E-state index in [0.717, 1.165) is 10.8 Å². The summed E-state index contributed by atoms with van der Waals surface area (Å²) < 4.78 is 10.5. The van der Waals surface area contributed by atoms with Crippen LogP contribution in [0.3, 0.4) is 0 Å². The van der Waals surface area contributed by atoms with Gasteiger partial charge in [-0.25, -0.2) is 5.43 Å². The molecule has 0 spiro atoms. The average molecular weight is 350 g/mol. The first-order chi connectivity index (χ1) is 12.6. The third kappa shape index (κ3) is 3.44. The van der Waals surface area contributed by atoms with Gasteiger partial charge in [-0.15, -0.1) is 0 Å². The van der Waals surface area contributed by atoms with Gasteiger partial charge >= 0.3 is 0 Å². The van der Waals surface area contributed by atoms with Gasteiger partial charge in [-0.2, -0.15) is 5.10 Å². The van der Waals surface area contributed by atoms with E-state index >= 15 is 0 Å². The van der Waals surface area contributed by atoms with Crippen LogP contribution in [0, 0.1) is 0 Å². The molecular weight excluding hydrogens is 332 g/mol. The number of phenols is 1. The lowest BCUT2D eigenvalue weighted by Crippen LogP contribution is -2.17. The minimum atomic E-state index is -0.508. The Morgan fingerprint density at radius 3 is 2.46 bits per heavy atom. The number of fused-ring (bicyclic) bond motifs is 1.